The molecule has 1 atom stereocenters. The number of rotatable bonds is 6. The molecule has 1 unspecified atom stereocenters. The van der Waals surface area contributed by atoms with Crippen LogP contribution >= 0.6 is 15.9 Å². The van der Waals surface area contributed by atoms with Crippen LogP contribution in [-0.2, 0) is 18.3 Å². The van der Waals surface area contributed by atoms with Gasteiger partial charge in [-0.3, -0.25) is 0 Å². The standard InChI is InChI=1S/C11H20BrN3/c1-4-6-15-10(7-9(3)5-2)13-14-11(15)8-12/h9H,4-8H2,1-3H3. The van der Waals surface area contributed by atoms with Gasteiger partial charge in [0.05, 0.1) is 5.33 Å². The fourth-order valence-electron chi connectivity index (χ4n) is 1.56. The van der Waals surface area contributed by atoms with E-state index in [9.17, 15) is 0 Å². The predicted octanol–water partition coefficient (Wildman–Crippen LogP) is 3.17. The quantitative estimate of drug-likeness (QED) is 0.746. The Bertz CT molecular complexity index is 296. The molecule has 0 saturated carbocycles. The highest BCUT2D eigenvalue weighted by Gasteiger charge is 2.12. The summed E-state index contributed by atoms with van der Waals surface area (Å²) in [6.07, 6.45) is 3.37. The molecule has 0 aliphatic heterocycles. The van der Waals surface area contributed by atoms with Crippen molar-refractivity contribution in [3.05, 3.63) is 11.6 Å². The molecule has 0 radical (unpaired) electrons. The molecular weight excluding hydrogens is 254 g/mol. The molecule has 3 nitrogen and oxygen atoms in total. The molecule has 0 N–H and O–H groups in total. The fourth-order valence-corrected chi connectivity index (χ4v) is 1.97. The van der Waals surface area contributed by atoms with Gasteiger partial charge in [0.1, 0.15) is 11.6 Å². The third-order valence-electron chi connectivity index (χ3n) is 2.70. The van der Waals surface area contributed by atoms with E-state index in [-0.39, 0.29) is 0 Å². The Hall–Kier alpha value is -0.380. The summed E-state index contributed by atoms with van der Waals surface area (Å²) in [6, 6.07) is 0. The highest BCUT2D eigenvalue weighted by molar-refractivity contribution is 9.08. The van der Waals surface area contributed by atoms with Gasteiger partial charge in [-0.05, 0) is 12.3 Å². The van der Waals surface area contributed by atoms with E-state index in [1.165, 1.54) is 6.42 Å². The zero-order chi connectivity index (χ0) is 11.3. The number of hydrogen-bond donors (Lipinski definition) is 0. The predicted molar refractivity (Wildman–Crippen MR) is 66.1 cm³/mol. The summed E-state index contributed by atoms with van der Waals surface area (Å²) in [6.45, 7) is 7.69. The van der Waals surface area contributed by atoms with Gasteiger partial charge in [0.25, 0.3) is 0 Å². The first-order valence-corrected chi connectivity index (χ1v) is 6.81. The molecule has 0 aliphatic carbocycles. The lowest BCUT2D eigenvalue weighted by Crippen LogP contribution is -2.10. The van der Waals surface area contributed by atoms with Crippen LogP contribution in [0.1, 0.15) is 45.3 Å². The average Bonchev–Trinajstić information content (AvgIpc) is 2.61. The highest BCUT2D eigenvalue weighted by Crippen LogP contribution is 2.13. The van der Waals surface area contributed by atoms with Gasteiger partial charge in [0.2, 0.25) is 0 Å². The molecule has 15 heavy (non-hydrogen) atoms. The van der Waals surface area contributed by atoms with Crippen molar-refractivity contribution in [3.63, 3.8) is 0 Å². The van der Waals surface area contributed by atoms with Gasteiger partial charge in [0.15, 0.2) is 0 Å². The van der Waals surface area contributed by atoms with Crippen LogP contribution < -0.4 is 0 Å². The van der Waals surface area contributed by atoms with Crippen molar-refractivity contribution in [2.75, 3.05) is 0 Å². The van der Waals surface area contributed by atoms with Crippen molar-refractivity contribution < 1.29 is 0 Å². The molecule has 0 spiro atoms. The molecule has 4 heteroatoms. The lowest BCUT2D eigenvalue weighted by Gasteiger charge is -2.10. The molecule has 0 aromatic carbocycles. The minimum atomic E-state index is 0.688. The normalized spacial score (nSPS) is 13.1. The van der Waals surface area contributed by atoms with Gasteiger partial charge < -0.3 is 4.57 Å². The molecule has 1 heterocycles. The van der Waals surface area contributed by atoms with Gasteiger partial charge >= 0.3 is 0 Å². The third-order valence-corrected chi connectivity index (χ3v) is 3.20. The van der Waals surface area contributed by atoms with Gasteiger partial charge in [-0.2, -0.15) is 0 Å². The summed E-state index contributed by atoms with van der Waals surface area (Å²) >= 11 is 3.45. The van der Waals surface area contributed by atoms with Crippen LogP contribution in [0.3, 0.4) is 0 Å². The third kappa shape index (κ3) is 3.30. The minimum Gasteiger partial charge on any atom is -0.314 e. The van der Waals surface area contributed by atoms with E-state index in [4.69, 9.17) is 0 Å². The van der Waals surface area contributed by atoms with Crippen molar-refractivity contribution in [2.24, 2.45) is 5.92 Å². The van der Waals surface area contributed by atoms with Gasteiger partial charge in [-0.15, -0.1) is 10.2 Å². The fraction of sp³-hybridized carbons (Fsp3) is 0.818. The number of hydrogen-bond acceptors (Lipinski definition) is 2. The molecule has 0 amide bonds. The van der Waals surface area contributed by atoms with Crippen LogP contribution in [0.2, 0.25) is 0 Å². The second-order valence-corrected chi connectivity index (χ2v) is 4.60. The molecular formula is C11H20BrN3. The van der Waals surface area contributed by atoms with E-state index in [0.29, 0.717) is 5.92 Å². The van der Waals surface area contributed by atoms with E-state index in [0.717, 1.165) is 36.4 Å². The van der Waals surface area contributed by atoms with Gasteiger partial charge in [0, 0.05) is 13.0 Å². The van der Waals surface area contributed by atoms with E-state index in [1.54, 1.807) is 0 Å². The Kier molecular flexibility index (Phi) is 5.29. The lowest BCUT2D eigenvalue weighted by molar-refractivity contribution is 0.514. The maximum Gasteiger partial charge on any atom is 0.143 e. The summed E-state index contributed by atoms with van der Waals surface area (Å²) < 4.78 is 2.25. The number of aromatic nitrogens is 3. The Morgan fingerprint density at radius 3 is 2.47 bits per heavy atom. The Balaban J connectivity index is 2.81. The largest absolute Gasteiger partial charge is 0.314 e. The first kappa shape index (κ1) is 12.7. The second kappa shape index (κ2) is 6.26. The Morgan fingerprint density at radius 2 is 1.93 bits per heavy atom. The van der Waals surface area contributed by atoms with Crippen LogP contribution in [0.4, 0.5) is 0 Å². The van der Waals surface area contributed by atoms with E-state index in [2.05, 4.69) is 51.5 Å². The maximum atomic E-state index is 4.28. The van der Waals surface area contributed by atoms with Crippen molar-refractivity contribution in [1.82, 2.24) is 14.8 Å². The molecule has 1 rings (SSSR count). The smallest absolute Gasteiger partial charge is 0.143 e. The van der Waals surface area contributed by atoms with Crippen LogP contribution in [0.5, 0.6) is 0 Å². The molecule has 0 fully saturated rings. The Labute approximate surface area is 100 Å². The minimum absolute atomic E-state index is 0.688. The Morgan fingerprint density at radius 1 is 1.27 bits per heavy atom. The molecule has 0 aliphatic rings. The summed E-state index contributed by atoms with van der Waals surface area (Å²) in [5.74, 6) is 2.88. The van der Waals surface area contributed by atoms with E-state index in [1.807, 2.05) is 0 Å². The molecule has 86 valence electrons. The van der Waals surface area contributed by atoms with Crippen molar-refractivity contribution in [1.29, 1.82) is 0 Å². The monoisotopic (exact) mass is 273 g/mol. The first-order valence-electron chi connectivity index (χ1n) is 5.69. The molecule has 0 saturated heterocycles. The second-order valence-electron chi connectivity index (χ2n) is 4.04. The van der Waals surface area contributed by atoms with E-state index >= 15 is 0 Å². The highest BCUT2D eigenvalue weighted by atomic mass is 79.9. The summed E-state index contributed by atoms with van der Waals surface area (Å²) in [4.78, 5) is 0. The topological polar surface area (TPSA) is 30.7 Å². The van der Waals surface area contributed by atoms with Gasteiger partial charge in [-0.25, -0.2) is 0 Å². The van der Waals surface area contributed by atoms with Crippen LogP contribution in [0.15, 0.2) is 0 Å². The van der Waals surface area contributed by atoms with Crippen molar-refractivity contribution in [2.45, 2.75) is 51.9 Å². The molecule has 0 bridgehead atoms. The average molecular weight is 274 g/mol. The SMILES string of the molecule is CCCn1c(CBr)nnc1CC(C)CC. The number of nitrogens with zero attached hydrogens (tertiary/aromatic N) is 3. The zero-order valence-electron chi connectivity index (χ0n) is 9.83. The first-order chi connectivity index (χ1) is 7.22. The van der Waals surface area contributed by atoms with Crippen molar-refractivity contribution in [3.8, 4) is 0 Å². The summed E-state index contributed by atoms with van der Waals surface area (Å²) in [5.41, 5.74) is 0. The van der Waals surface area contributed by atoms with Crippen LogP contribution in [0.25, 0.3) is 0 Å². The summed E-state index contributed by atoms with van der Waals surface area (Å²) in [7, 11) is 0. The molecule has 1 aromatic heterocycles. The zero-order valence-corrected chi connectivity index (χ0v) is 11.4. The number of halogens is 1. The van der Waals surface area contributed by atoms with Gasteiger partial charge in [-0.1, -0.05) is 43.1 Å². The van der Waals surface area contributed by atoms with Crippen LogP contribution in [0, 0.1) is 5.92 Å². The lowest BCUT2D eigenvalue weighted by atomic mass is 10.1. The summed E-state index contributed by atoms with van der Waals surface area (Å²) in [5, 5.41) is 9.28. The van der Waals surface area contributed by atoms with E-state index < -0.39 is 0 Å². The van der Waals surface area contributed by atoms with Crippen molar-refractivity contribution >= 4 is 15.9 Å². The maximum absolute atomic E-state index is 4.28. The number of alkyl halides is 1. The van der Waals surface area contributed by atoms with Crippen LogP contribution in [-0.4, -0.2) is 14.8 Å². The molecule has 1 aromatic rings.